The number of nitrogens with one attached hydrogen (secondary N) is 2. The quantitative estimate of drug-likeness (QED) is 0.604. The third-order valence-corrected chi connectivity index (χ3v) is 4.27. The number of anilines is 1. The van der Waals surface area contributed by atoms with Crippen molar-refractivity contribution in [2.75, 3.05) is 31.6 Å². The summed E-state index contributed by atoms with van der Waals surface area (Å²) in [7, 11) is 0. The Morgan fingerprint density at radius 3 is 2.59 bits per heavy atom. The van der Waals surface area contributed by atoms with Crippen molar-refractivity contribution in [3.05, 3.63) is 23.8 Å². The van der Waals surface area contributed by atoms with Gasteiger partial charge in [0.15, 0.2) is 0 Å². The summed E-state index contributed by atoms with van der Waals surface area (Å²) in [6, 6.07) is 4.54. The molecule has 1 aromatic rings. The first-order valence-electron chi connectivity index (χ1n) is 9.34. The number of aliphatic carboxylic acids is 1. The first-order chi connectivity index (χ1) is 13.0. The number of hydrogen-bond donors (Lipinski definition) is 3. The Morgan fingerprint density at radius 2 is 1.93 bits per heavy atom. The molecule has 1 fully saturated rings. The number of rotatable bonds is 8. The van der Waals surface area contributed by atoms with E-state index >= 15 is 0 Å². The first kappa shape index (κ1) is 20.5. The van der Waals surface area contributed by atoms with Gasteiger partial charge in [-0.2, -0.15) is 0 Å². The zero-order valence-corrected chi connectivity index (χ0v) is 15.6. The molecule has 1 aliphatic rings. The lowest BCUT2D eigenvalue weighted by Crippen LogP contribution is -2.35. The average Bonchev–Trinajstić information content (AvgIpc) is 2.67. The Balaban J connectivity index is 2.04. The van der Waals surface area contributed by atoms with Crippen LogP contribution in [0, 0.1) is 0 Å². The predicted molar refractivity (Wildman–Crippen MR) is 101 cm³/mol. The second kappa shape index (κ2) is 10.4. The number of carbonyl (C=O) groups excluding carboxylic acids is 2. The van der Waals surface area contributed by atoms with Crippen molar-refractivity contribution in [3.63, 3.8) is 0 Å². The molecule has 0 bridgehead atoms. The van der Waals surface area contributed by atoms with E-state index in [0.29, 0.717) is 30.0 Å². The average molecular weight is 377 g/mol. The molecule has 1 saturated heterocycles. The van der Waals surface area contributed by atoms with E-state index in [2.05, 4.69) is 10.6 Å². The minimum absolute atomic E-state index is 0.00963. The molecule has 0 unspecified atom stereocenters. The molecule has 0 aromatic heterocycles. The van der Waals surface area contributed by atoms with E-state index in [0.717, 1.165) is 32.4 Å². The van der Waals surface area contributed by atoms with E-state index in [4.69, 9.17) is 9.84 Å². The predicted octanol–water partition coefficient (Wildman–Crippen LogP) is 2.70. The van der Waals surface area contributed by atoms with Gasteiger partial charge in [-0.3, -0.25) is 9.59 Å². The number of hydrogen-bond acceptors (Lipinski definition) is 4. The number of carbonyl (C=O) groups is 3. The van der Waals surface area contributed by atoms with E-state index in [9.17, 15) is 14.4 Å². The maximum absolute atomic E-state index is 12.7. The standard InChI is InChI=1S/C19H27N3O5/c1-2-27-16-9-8-14(18(25)22-11-4-3-5-12-22)13-15(16)21-19(26)20-10-6-7-17(23)24/h8-9,13H,2-7,10-12H2,1H3,(H,23,24)(H2,20,21,26). The second-order valence-corrected chi connectivity index (χ2v) is 6.38. The normalized spacial score (nSPS) is 13.7. The van der Waals surface area contributed by atoms with Crippen molar-refractivity contribution < 1.29 is 24.2 Å². The summed E-state index contributed by atoms with van der Waals surface area (Å²) in [5.74, 6) is -0.476. The lowest BCUT2D eigenvalue weighted by atomic mass is 10.1. The Hall–Kier alpha value is -2.77. The van der Waals surface area contributed by atoms with Crippen molar-refractivity contribution in [3.8, 4) is 5.75 Å². The largest absolute Gasteiger partial charge is 0.492 e. The molecule has 0 spiro atoms. The van der Waals surface area contributed by atoms with Crippen molar-refractivity contribution >= 4 is 23.6 Å². The topological polar surface area (TPSA) is 108 Å². The van der Waals surface area contributed by atoms with Crippen LogP contribution in [0.15, 0.2) is 18.2 Å². The van der Waals surface area contributed by atoms with Gasteiger partial charge in [-0.15, -0.1) is 0 Å². The highest BCUT2D eigenvalue weighted by Crippen LogP contribution is 2.27. The fourth-order valence-corrected chi connectivity index (χ4v) is 2.93. The molecule has 0 atom stereocenters. The maximum atomic E-state index is 12.7. The highest BCUT2D eigenvalue weighted by atomic mass is 16.5. The zero-order valence-electron chi connectivity index (χ0n) is 15.6. The highest BCUT2D eigenvalue weighted by Gasteiger charge is 2.20. The van der Waals surface area contributed by atoms with Gasteiger partial charge in [0, 0.05) is 31.6 Å². The number of benzene rings is 1. The van der Waals surface area contributed by atoms with Gasteiger partial charge in [0.25, 0.3) is 5.91 Å². The van der Waals surface area contributed by atoms with Crippen LogP contribution in [0.25, 0.3) is 0 Å². The van der Waals surface area contributed by atoms with E-state index < -0.39 is 12.0 Å². The lowest BCUT2D eigenvalue weighted by molar-refractivity contribution is -0.137. The summed E-state index contributed by atoms with van der Waals surface area (Å²) in [6.07, 6.45) is 3.49. The summed E-state index contributed by atoms with van der Waals surface area (Å²) in [5, 5.41) is 13.9. The molecule has 0 radical (unpaired) electrons. The van der Waals surface area contributed by atoms with Crippen LogP contribution in [0.2, 0.25) is 0 Å². The van der Waals surface area contributed by atoms with Crippen LogP contribution in [0.5, 0.6) is 5.75 Å². The fourth-order valence-electron chi connectivity index (χ4n) is 2.93. The molecule has 27 heavy (non-hydrogen) atoms. The number of nitrogens with zero attached hydrogens (tertiary/aromatic N) is 1. The molecule has 0 saturated carbocycles. The number of carboxylic acid groups (broad SMARTS) is 1. The van der Waals surface area contributed by atoms with E-state index in [-0.39, 0.29) is 18.9 Å². The molecule has 0 aliphatic carbocycles. The van der Waals surface area contributed by atoms with Crippen LogP contribution >= 0.6 is 0 Å². The number of piperidine rings is 1. The van der Waals surface area contributed by atoms with E-state index in [1.165, 1.54) is 0 Å². The number of likely N-dealkylation sites (tertiary alicyclic amines) is 1. The molecule has 3 amide bonds. The van der Waals surface area contributed by atoms with Gasteiger partial charge < -0.3 is 25.4 Å². The van der Waals surface area contributed by atoms with E-state index in [1.54, 1.807) is 18.2 Å². The third-order valence-electron chi connectivity index (χ3n) is 4.27. The zero-order chi connectivity index (χ0) is 19.6. The molecule has 8 heteroatoms. The monoisotopic (exact) mass is 377 g/mol. The Kier molecular flexibility index (Phi) is 7.91. The Morgan fingerprint density at radius 1 is 1.19 bits per heavy atom. The molecule has 1 aliphatic heterocycles. The van der Waals surface area contributed by atoms with Gasteiger partial charge in [-0.05, 0) is 50.8 Å². The minimum atomic E-state index is -0.903. The van der Waals surface area contributed by atoms with Crippen molar-refractivity contribution in [2.24, 2.45) is 0 Å². The number of amides is 3. The number of carboxylic acids is 1. The molecule has 3 N–H and O–H groups in total. The smallest absolute Gasteiger partial charge is 0.319 e. The molecule has 148 valence electrons. The van der Waals surface area contributed by atoms with Crippen molar-refractivity contribution in [1.82, 2.24) is 10.2 Å². The summed E-state index contributed by atoms with van der Waals surface area (Å²) in [4.78, 5) is 37.1. The Bertz CT molecular complexity index is 671. The maximum Gasteiger partial charge on any atom is 0.319 e. The van der Waals surface area contributed by atoms with Gasteiger partial charge in [-0.1, -0.05) is 0 Å². The van der Waals surface area contributed by atoms with Gasteiger partial charge in [0.1, 0.15) is 5.75 Å². The van der Waals surface area contributed by atoms with Crippen molar-refractivity contribution in [2.45, 2.75) is 39.0 Å². The molecular weight excluding hydrogens is 350 g/mol. The van der Waals surface area contributed by atoms with Crippen molar-refractivity contribution in [1.29, 1.82) is 0 Å². The second-order valence-electron chi connectivity index (χ2n) is 6.38. The van der Waals surface area contributed by atoms with Gasteiger partial charge in [-0.25, -0.2) is 4.79 Å². The molecule has 1 heterocycles. The number of ether oxygens (including phenoxy) is 1. The molecule has 2 rings (SSSR count). The van der Waals surface area contributed by atoms with Gasteiger partial charge in [0.2, 0.25) is 0 Å². The van der Waals surface area contributed by atoms with Gasteiger partial charge >= 0.3 is 12.0 Å². The number of urea groups is 1. The van der Waals surface area contributed by atoms with Crippen LogP contribution in [-0.2, 0) is 4.79 Å². The van der Waals surface area contributed by atoms with Gasteiger partial charge in [0.05, 0.1) is 12.3 Å². The molecule has 1 aromatic carbocycles. The summed E-state index contributed by atoms with van der Waals surface area (Å²) >= 11 is 0. The Labute approximate surface area is 158 Å². The van der Waals surface area contributed by atoms with E-state index in [1.807, 2.05) is 11.8 Å². The van der Waals surface area contributed by atoms with Crippen LogP contribution < -0.4 is 15.4 Å². The minimum Gasteiger partial charge on any atom is -0.492 e. The SMILES string of the molecule is CCOc1ccc(C(=O)N2CCCCC2)cc1NC(=O)NCCCC(=O)O. The third kappa shape index (κ3) is 6.47. The van der Waals surface area contributed by atoms with Crippen LogP contribution in [0.4, 0.5) is 10.5 Å². The molecular formula is C19H27N3O5. The van der Waals surface area contributed by atoms with Crippen LogP contribution in [0.3, 0.4) is 0 Å². The summed E-state index contributed by atoms with van der Waals surface area (Å²) < 4.78 is 5.53. The lowest BCUT2D eigenvalue weighted by Gasteiger charge is -2.27. The first-order valence-corrected chi connectivity index (χ1v) is 9.34. The molecule has 8 nitrogen and oxygen atoms in total. The summed E-state index contributed by atoms with van der Waals surface area (Å²) in [6.45, 7) is 4.00. The fraction of sp³-hybridized carbons (Fsp3) is 0.526. The van der Waals surface area contributed by atoms with Crippen LogP contribution in [0.1, 0.15) is 49.4 Å². The highest BCUT2D eigenvalue weighted by molar-refractivity contribution is 5.98. The van der Waals surface area contributed by atoms with Crippen LogP contribution in [-0.4, -0.2) is 54.2 Å². The summed E-state index contributed by atoms with van der Waals surface area (Å²) in [5.41, 5.74) is 0.914.